The third kappa shape index (κ3) is 1.63. The van der Waals surface area contributed by atoms with Crippen LogP contribution in [0.15, 0.2) is 0 Å². The average molecular weight is 240 g/mol. The van der Waals surface area contributed by atoms with E-state index in [0.29, 0.717) is 5.11 Å². The lowest BCUT2D eigenvalue weighted by atomic mass is 9.90. The summed E-state index contributed by atoms with van der Waals surface area (Å²) in [5, 5.41) is 0.400. The molecule has 2 atom stereocenters. The summed E-state index contributed by atoms with van der Waals surface area (Å²) < 4.78 is 0. The molecular weight excluding hydrogens is 224 g/mol. The summed E-state index contributed by atoms with van der Waals surface area (Å²) in [6.45, 7) is 3.03. The van der Waals surface area contributed by atoms with Crippen LogP contribution in [-0.4, -0.2) is 38.8 Å². The summed E-state index contributed by atoms with van der Waals surface area (Å²) in [6.07, 6.45) is 4.13. The Kier molecular flexibility index (Phi) is 2.97. The molecule has 0 N–H and O–H groups in total. The molecule has 0 aromatic carbocycles. The molecule has 1 aliphatic heterocycles. The predicted octanol–water partition coefficient (Wildman–Crippen LogP) is 1.29. The monoisotopic (exact) mass is 240 g/mol. The van der Waals surface area contributed by atoms with Crippen LogP contribution in [0.1, 0.15) is 39.5 Å². The molecule has 16 heavy (non-hydrogen) atoms. The van der Waals surface area contributed by atoms with E-state index < -0.39 is 0 Å². The molecular formula is C11H16N2O2S. The molecule has 4 nitrogen and oxygen atoms in total. The maximum absolute atomic E-state index is 11.6. The zero-order valence-electron chi connectivity index (χ0n) is 9.60. The van der Waals surface area contributed by atoms with Crippen LogP contribution in [0.4, 0.5) is 0 Å². The summed E-state index contributed by atoms with van der Waals surface area (Å²) in [4.78, 5) is 26.4. The molecule has 0 bridgehead atoms. The van der Waals surface area contributed by atoms with Crippen LogP contribution in [0.2, 0.25) is 0 Å². The lowest BCUT2D eigenvalue weighted by molar-refractivity contribution is -0.127. The fraction of sp³-hybridized carbons (Fsp3) is 0.727. The third-order valence-electron chi connectivity index (χ3n) is 3.45. The molecule has 88 valence electrons. The highest BCUT2D eigenvalue weighted by Gasteiger charge is 2.47. The number of nitrogens with zero attached hydrogens (tertiary/aromatic N) is 2. The Morgan fingerprint density at radius 1 is 1.06 bits per heavy atom. The van der Waals surface area contributed by atoms with Crippen molar-refractivity contribution in [2.45, 2.75) is 51.6 Å². The zero-order valence-corrected chi connectivity index (χ0v) is 10.4. The standard InChI is InChI=1S/C11H16N2O2S/c1-7(14)12-9-5-3-4-6-10(9)13(8(2)15)11(12)16/h9-10H,3-6H2,1-2H3/t9-,10-/m0/s1. The Morgan fingerprint density at radius 3 is 1.75 bits per heavy atom. The number of hydrogen-bond donors (Lipinski definition) is 0. The molecule has 1 saturated heterocycles. The maximum atomic E-state index is 11.6. The number of amides is 2. The van der Waals surface area contributed by atoms with E-state index in [1.807, 2.05) is 0 Å². The highest BCUT2D eigenvalue weighted by molar-refractivity contribution is 7.80. The first-order valence-corrected chi connectivity index (χ1v) is 6.08. The molecule has 2 rings (SSSR count). The number of hydrogen-bond acceptors (Lipinski definition) is 3. The molecule has 5 heteroatoms. The molecule has 0 radical (unpaired) electrons. The Bertz CT molecular complexity index is 324. The van der Waals surface area contributed by atoms with Gasteiger partial charge in [-0.05, 0) is 25.1 Å². The van der Waals surface area contributed by atoms with Gasteiger partial charge in [0, 0.05) is 13.8 Å². The van der Waals surface area contributed by atoms with E-state index in [2.05, 4.69) is 0 Å². The van der Waals surface area contributed by atoms with Crippen molar-refractivity contribution in [2.75, 3.05) is 0 Å². The van der Waals surface area contributed by atoms with Crippen molar-refractivity contribution >= 4 is 29.1 Å². The maximum Gasteiger partial charge on any atom is 0.225 e. The molecule has 2 amide bonds. The van der Waals surface area contributed by atoms with E-state index in [1.165, 1.54) is 13.8 Å². The van der Waals surface area contributed by atoms with Gasteiger partial charge in [-0.1, -0.05) is 12.8 Å². The fourth-order valence-corrected chi connectivity index (χ4v) is 3.36. The van der Waals surface area contributed by atoms with Gasteiger partial charge in [-0.2, -0.15) is 0 Å². The van der Waals surface area contributed by atoms with Gasteiger partial charge in [-0.25, -0.2) is 0 Å². The number of thiocarbonyl (C=S) groups is 1. The highest BCUT2D eigenvalue weighted by atomic mass is 32.1. The van der Waals surface area contributed by atoms with E-state index in [9.17, 15) is 9.59 Å². The van der Waals surface area contributed by atoms with Crippen molar-refractivity contribution in [3.05, 3.63) is 0 Å². The zero-order chi connectivity index (χ0) is 11.9. The quantitative estimate of drug-likeness (QED) is 0.599. The summed E-state index contributed by atoms with van der Waals surface area (Å²) in [5.74, 6) is -0.101. The van der Waals surface area contributed by atoms with Crippen molar-refractivity contribution in [3.8, 4) is 0 Å². The van der Waals surface area contributed by atoms with Gasteiger partial charge >= 0.3 is 0 Å². The van der Waals surface area contributed by atoms with Gasteiger partial charge in [0.15, 0.2) is 5.11 Å². The van der Waals surface area contributed by atoms with E-state index in [4.69, 9.17) is 12.2 Å². The fourth-order valence-electron chi connectivity index (χ4n) is 2.83. The number of rotatable bonds is 0. The van der Waals surface area contributed by atoms with Gasteiger partial charge in [0.25, 0.3) is 0 Å². The summed E-state index contributed by atoms with van der Waals surface area (Å²) in [5.41, 5.74) is 0. The van der Waals surface area contributed by atoms with Crippen LogP contribution < -0.4 is 0 Å². The molecule has 2 fully saturated rings. The first-order chi connectivity index (χ1) is 7.54. The minimum Gasteiger partial charge on any atom is -0.284 e. The van der Waals surface area contributed by atoms with Crippen molar-refractivity contribution < 1.29 is 9.59 Å². The Balaban J connectivity index is 2.33. The van der Waals surface area contributed by atoms with E-state index in [0.717, 1.165) is 25.7 Å². The summed E-state index contributed by atoms with van der Waals surface area (Å²) >= 11 is 5.24. The molecule has 0 spiro atoms. The molecule has 0 unspecified atom stereocenters. The second-order valence-corrected chi connectivity index (χ2v) is 4.84. The van der Waals surface area contributed by atoms with Gasteiger partial charge < -0.3 is 0 Å². The Hall–Kier alpha value is -0.970. The Morgan fingerprint density at radius 2 is 1.44 bits per heavy atom. The van der Waals surface area contributed by atoms with Gasteiger partial charge in [0.2, 0.25) is 11.8 Å². The van der Waals surface area contributed by atoms with Gasteiger partial charge in [0.1, 0.15) is 0 Å². The molecule has 1 heterocycles. The number of carbonyl (C=O) groups is 2. The lowest BCUT2D eigenvalue weighted by Gasteiger charge is -2.30. The third-order valence-corrected chi connectivity index (χ3v) is 3.84. The minimum absolute atomic E-state index is 0.0503. The predicted molar refractivity (Wildman–Crippen MR) is 63.7 cm³/mol. The van der Waals surface area contributed by atoms with Crippen molar-refractivity contribution in [1.29, 1.82) is 0 Å². The largest absolute Gasteiger partial charge is 0.284 e. The van der Waals surface area contributed by atoms with Crippen molar-refractivity contribution in [1.82, 2.24) is 9.80 Å². The molecule has 0 aromatic heterocycles. The van der Waals surface area contributed by atoms with Crippen molar-refractivity contribution in [3.63, 3.8) is 0 Å². The molecule has 1 saturated carbocycles. The second-order valence-electron chi connectivity index (χ2n) is 4.48. The van der Waals surface area contributed by atoms with E-state index in [-0.39, 0.29) is 23.9 Å². The topological polar surface area (TPSA) is 40.6 Å². The number of fused-ring (bicyclic) bond motifs is 1. The highest BCUT2D eigenvalue weighted by Crippen LogP contribution is 2.34. The van der Waals surface area contributed by atoms with E-state index in [1.54, 1.807) is 9.80 Å². The van der Waals surface area contributed by atoms with Gasteiger partial charge in [-0.3, -0.25) is 19.4 Å². The first kappa shape index (κ1) is 11.5. The van der Waals surface area contributed by atoms with E-state index >= 15 is 0 Å². The minimum atomic E-state index is -0.0503. The van der Waals surface area contributed by atoms with Crippen LogP contribution in [0.25, 0.3) is 0 Å². The van der Waals surface area contributed by atoms with Crippen LogP contribution in [0.5, 0.6) is 0 Å². The smallest absolute Gasteiger partial charge is 0.225 e. The van der Waals surface area contributed by atoms with Crippen LogP contribution >= 0.6 is 12.2 Å². The lowest BCUT2D eigenvalue weighted by Crippen LogP contribution is -2.42. The molecule has 2 aliphatic rings. The normalized spacial score (nSPS) is 29.2. The molecule has 0 aromatic rings. The van der Waals surface area contributed by atoms with Crippen LogP contribution in [0.3, 0.4) is 0 Å². The van der Waals surface area contributed by atoms with Crippen LogP contribution in [0, 0.1) is 0 Å². The molecule has 1 aliphatic carbocycles. The van der Waals surface area contributed by atoms with Crippen molar-refractivity contribution in [2.24, 2.45) is 0 Å². The van der Waals surface area contributed by atoms with Crippen LogP contribution in [-0.2, 0) is 9.59 Å². The van der Waals surface area contributed by atoms with Gasteiger partial charge in [-0.15, -0.1) is 0 Å². The summed E-state index contributed by atoms with van der Waals surface area (Å²) in [6, 6.07) is 0.227. The SMILES string of the molecule is CC(=O)N1C(=S)N(C(C)=O)[C@H]2CCCC[C@@H]21. The Labute approximate surface area is 101 Å². The summed E-state index contributed by atoms with van der Waals surface area (Å²) in [7, 11) is 0. The van der Waals surface area contributed by atoms with Gasteiger partial charge in [0.05, 0.1) is 12.1 Å². The average Bonchev–Trinajstić information content (AvgIpc) is 2.49. The second kappa shape index (κ2) is 4.13. The number of carbonyl (C=O) groups excluding carboxylic acids is 2. The first-order valence-electron chi connectivity index (χ1n) is 5.67.